The molecule has 1 amide bonds. The molecule has 0 fully saturated rings. The number of fused-ring (bicyclic) bond motifs is 1. The van der Waals surface area contributed by atoms with Gasteiger partial charge in [-0.2, -0.15) is 5.10 Å². The summed E-state index contributed by atoms with van der Waals surface area (Å²) in [5.41, 5.74) is 1.08. The van der Waals surface area contributed by atoms with E-state index in [0.717, 1.165) is 17.7 Å². The summed E-state index contributed by atoms with van der Waals surface area (Å²) >= 11 is 1.32. The van der Waals surface area contributed by atoms with Crippen LogP contribution in [0.5, 0.6) is 0 Å². The minimum Gasteiger partial charge on any atom is -0.309 e. The molecule has 0 aliphatic rings. The molecule has 0 N–H and O–H groups in total. The van der Waals surface area contributed by atoms with Crippen LogP contribution in [-0.2, 0) is 0 Å². The number of amides is 1. The second kappa shape index (κ2) is 8.14. The number of benzene rings is 1. The van der Waals surface area contributed by atoms with Gasteiger partial charge in [0.05, 0.1) is 10.2 Å². The summed E-state index contributed by atoms with van der Waals surface area (Å²) in [4.78, 5) is 21.4. The highest BCUT2D eigenvalue weighted by Crippen LogP contribution is 2.30. The van der Waals surface area contributed by atoms with Crippen molar-refractivity contribution in [3.63, 3.8) is 0 Å². The summed E-state index contributed by atoms with van der Waals surface area (Å²) in [6.45, 7) is 5.40. The Bertz CT molecular complexity index is 933. The minimum absolute atomic E-state index is 0.180. The van der Waals surface area contributed by atoms with Crippen molar-refractivity contribution < 1.29 is 9.18 Å². The van der Waals surface area contributed by atoms with Crippen molar-refractivity contribution in [3.8, 4) is 0 Å². The van der Waals surface area contributed by atoms with Crippen LogP contribution in [0, 0.1) is 5.82 Å². The van der Waals surface area contributed by atoms with E-state index in [2.05, 4.69) is 15.0 Å². The van der Waals surface area contributed by atoms with Crippen LogP contribution < -0.4 is 4.90 Å². The lowest BCUT2D eigenvalue weighted by Gasteiger charge is -2.20. The molecule has 0 aliphatic carbocycles. The van der Waals surface area contributed by atoms with E-state index in [4.69, 9.17) is 0 Å². The first-order chi connectivity index (χ1) is 12.8. The van der Waals surface area contributed by atoms with Crippen LogP contribution in [0.3, 0.4) is 0 Å². The first-order valence-corrected chi connectivity index (χ1v) is 9.74. The van der Waals surface area contributed by atoms with Crippen LogP contribution in [0.2, 0.25) is 0 Å². The molecule has 6 nitrogen and oxygen atoms in total. The van der Waals surface area contributed by atoms with Gasteiger partial charge in [0.15, 0.2) is 10.8 Å². The van der Waals surface area contributed by atoms with Gasteiger partial charge in [-0.25, -0.2) is 9.37 Å². The number of hydrogen-bond acceptors (Lipinski definition) is 5. The number of rotatable bonds is 7. The van der Waals surface area contributed by atoms with Gasteiger partial charge >= 0.3 is 0 Å². The number of thiazole rings is 1. The van der Waals surface area contributed by atoms with E-state index >= 15 is 0 Å². The third-order valence-electron chi connectivity index (χ3n) is 4.16. The molecule has 8 heteroatoms. The molecule has 0 radical (unpaired) electrons. The van der Waals surface area contributed by atoms with Gasteiger partial charge in [0.2, 0.25) is 0 Å². The first kappa shape index (κ1) is 19.4. The van der Waals surface area contributed by atoms with Gasteiger partial charge in [0.25, 0.3) is 5.91 Å². The Balaban J connectivity index is 1.91. The summed E-state index contributed by atoms with van der Waals surface area (Å²) in [7, 11) is 3.99. The molecule has 0 bridgehead atoms. The highest BCUT2D eigenvalue weighted by atomic mass is 32.1. The van der Waals surface area contributed by atoms with Crippen LogP contribution in [0.25, 0.3) is 10.2 Å². The van der Waals surface area contributed by atoms with Gasteiger partial charge < -0.3 is 4.90 Å². The maximum atomic E-state index is 13.5. The lowest BCUT2D eigenvalue weighted by molar-refractivity contribution is 0.0980. The maximum absolute atomic E-state index is 13.5. The Labute approximate surface area is 162 Å². The Morgan fingerprint density at radius 1 is 1.26 bits per heavy atom. The number of anilines is 1. The molecule has 3 rings (SSSR count). The number of hydrogen-bond donors (Lipinski definition) is 0. The standard InChI is InChI=1S/C19H24FN5OS/c1-13(2)25-11-8-16(22-25)18(26)24(10-5-9-23(3)4)19-21-15-7-6-14(20)12-17(15)27-19/h6-8,11-13H,5,9-10H2,1-4H3. The molecule has 0 atom stereocenters. The molecule has 2 heterocycles. The minimum atomic E-state index is -0.307. The fraction of sp³-hybridized carbons (Fsp3) is 0.421. The molecule has 3 aromatic rings. The van der Waals surface area contributed by atoms with E-state index in [-0.39, 0.29) is 17.8 Å². The summed E-state index contributed by atoms with van der Waals surface area (Å²) in [5, 5.41) is 4.97. The summed E-state index contributed by atoms with van der Waals surface area (Å²) in [6.07, 6.45) is 2.61. The molecule has 144 valence electrons. The maximum Gasteiger partial charge on any atom is 0.280 e. The molecule has 0 unspecified atom stereocenters. The van der Waals surface area contributed by atoms with E-state index in [1.54, 1.807) is 21.7 Å². The van der Waals surface area contributed by atoms with Gasteiger partial charge in [-0.05, 0) is 65.2 Å². The monoisotopic (exact) mass is 389 g/mol. The largest absolute Gasteiger partial charge is 0.309 e. The second-order valence-electron chi connectivity index (χ2n) is 7.00. The quantitative estimate of drug-likeness (QED) is 0.617. The van der Waals surface area contributed by atoms with Gasteiger partial charge in [-0.3, -0.25) is 14.4 Å². The molecule has 0 spiro atoms. The topological polar surface area (TPSA) is 54.3 Å². The average Bonchev–Trinajstić information content (AvgIpc) is 3.24. The van der Waals surface area contributed by atoms with Crippen LogP contribution in [0.4, 0.5) is 9.52 Å². The molecule has 0 saturated heterocycles. The number of aromatic nitrogens is 3. The van der Waals surface area contributed by atoms with Crippen LogP contribution in [-0.4, -0.2) is 52.8 Å². The van der Waals surface area contributed by atoms with Gasteiger partial charge in [-0.15, -0.1) is 0 Å². The lowest BCUT2D eigenvalue weighted by atomic mass is 10.3. The number of carbonyl (C=O) groups excluding carboxylic acids is 1. The highest BCUT2D eigenvalue weighted by molar-refractivity contribution is 7.22. The van der Waals surface area contributed by atoms with Gasteiger partial charge in [0, 0.05) is 18.8 Å². The van der Waals surface area contributed by atoms with Crippen molar-refractivity contribution in [1.82, 2.24) is 19.7 Å². The second-order valence-corrected chi connectivity index (χ2v) is 8.01. The van der Waals surface area contributed by atoms with E-state index in [1.807, 2.05) is 34.1 Å². The fourth-order valence-corrected chi connectivity index (χ4v) is 3.72. The lowest BCUT2D eigenvalue weighted by Crippen LogP contribution is -2.33. The van der Waals surface area contributed by atoms with E-state index < -0.39 is 0 Å². The van der Waals surface area contributed by atoms with Crippen molar-refractivity contribution in [2.45, 2.75) is 26.3 Å². The summed E-state index contributed by atoms with van der Waals surface area (Å²) < 4.78 is 16.0. The average molecular weight is 390 g/mol. The SMILES string of the molecule is CC(C)n1ccc(C(=O)N(CCCN(C)C)c2nc3ccc(F)cc3s2)n1. The Kier molecular flexibility index (Phi) is 5.86. The van der Waals surface area contributed by atoms with Crippen molar-refractivity contribution in [1.29, 1.82) is 0 Å². The number of halogens is 1. The van der Waals surface area contributed by atoms with E-state index in [0.29, 0.717) is 22.9 Å². The van der Waals surface area contributed by atoms with E-state index in [1.165, 1.54) is 23.5 Å². The predicted octanol–water partition coefficient (Wildman–Crippen LogP) is 3.81. The molecular weight excluding hydrogens is 365 g/mol. The molecule has 0 saturated carbocycles. The van der Waals surface area contributed by atoms with Crippen LogP contribution >= 0.6 is 11.3 Å². The molecule has 0 aliphatic heterocycles. The van der Waals surface area contributed by atoms with Crippen molar-refractivity contribution in [2.24, 2.45) is 0 Å². The smallest absolute Gasteiger partial charge is 0.280 e. The first-order valence-electron chi connectivity index (χ1n) is 8.93. The molecule has 27 heavy (non-hydrogen) atoms. The van der Waals surface area contributed by atoms with Crippen molar-refractivity contribution >= 4 is 32.6 Å². The number of carbonyl (C=O) groups is 1. The van der Waals surface area contributed by atoms with Crippen molar-refractivity contribution in [2.75, 3.05) is 32.1 Å². The molecule has 2 aromatic heterocycles. The van der Waals surface area contributed by atoms with E-state index in [9.17, 15) is 9.18 Å². The summed E-state index contributed by atoms with van der Waals surface area (Å²) in [5.74, 6) is -0.494. The zero-order chi connectivity index (χ0) is 19.6. The normalized spacial score (nSPS) is 11.7. The number of nitrogens with zero attached hydrogens (tertiary/aromatic N) is 5. The van der Waals surface area contributed by atoms with Gasteiger partial charge in [-0.1, -0.05) is 11.3 Å². The Hall–Kier alpha value is -2.32. The molecule has 1 aromatic carbocycles. The third-order valence-corrected chi connectivity index (χ3v) is 5.20. The zero-order valence-electron chi connectivity index (χ0n) is 16.0. The highest BCUT2D eigenvalue weighted by Gasteiger charge is 2.23. The predicted molar refractivity (Wildman–Crippen MR) is 107 cm³/mol. The van der Waals surface area contributed by atoms with Crippen molar-refractivity contribution in [3.05, 3.63) is 42.0 Å². The van der Waals surface area contributed by atoms with Gasteiger partial charge in [0.1, 0.15) is 5.82 Å². The van der Waals surface area contributed by atoms with Crippen LogP contribution in [0.15, 0.2) is 30.5 Å². The molecular formula is C19H24FN5OS. The summed E-state index contributed by atoms with van der Waals surface area (Å²) in [6, 6.07) is 6.38. The van der Waals surface area contributed by atoms with Crippen LogP contribution in [0.1, 0.15) is 36.8 Å². The Morgan fingerprint density at radius 3 is 2.70 bits per heavy atom. The zero-order valence-corrected chi connectivity index (χ0v) is 16.8. The fourth-order valence-electron chi connectivity index (χ4n) is 2.71. The Morgan fingerprint density at radius 2 is 2.04 bits per heavy atom. The third kappa shape index (κ3) is 4.51.